The molecule has 1 heterocycles. The van der Waals surface area contributed by atoms with E-state index < -0.39 is 0 Å². The molecule has 1 aliphatic heterocycles. The van der Waals surface area contributed by atoms with E-state index in [1.807, 2.05) is 0 Å². The van der Waals surface area contributed by atoms with Gasteiger partial charge in [-0.15, -0.1) is 0 Å². The molecule has 1 aliphatic rings. The van der Waals surface area contributed by atoms with E-state index >= 15 is 0 Å². The second-order valence-corrected chi connectivity index (χ2v) is 3.39. The summed E-state index contributed by atoms with van der Waals surface area (Å²) < 4.78 is 0. The Morgan fingerprint density at radius 3 is 2.50 bits per heavy atom. The average Bonchev–Trinajstić information content (AvgIpc) is 1.86. The summed E-state index contributed by atoms with van der Waals surface area (Å²) in [6.07, 6.45) is 4.10. The first-order valence-electron chi connectivity index (χ1n) is 4.59. The van der Waals surface area contributed by atoms with Crippen LogP contribution >= 0.6 is 0 Å². The molecule has 1 fully saturated rings. The smallest absolute Gasteiger partial charge is 0.00219 e. The van der Waals surface area contributed by atoms with Gasteiger partial charge in [-0.2, -0.15) is 0 Å². The van der Waals surface area contributed by atoms with Gasteiger partial charge in [-0.25, -0.2) is 0 Å². The third-order valence-electron chi connectivity index (χ3n) is 2.44. The monoisotopic (exact) mass is 141 g/mol. The van der Waals surface area contributed by atoms with Gasteiger partial charge in [0.1, 0.15) is 0 Å². The summed E-state index contributed by atoms with van der Waals surface area (Å²) in [4.78, 5) is 2.57. The summed E-state index contributed by atoms with van der Waals surface area (Å²) in [5.41, 5.74) is 0. The van der Waals surface area contributed by atoms with Crippen molar-refractivity contribution >= 4 is 0 Å². The maximum atomic E-state index is 2.57. The molecule has 1 heteroatoms. The molecule has 0 aromatic heterocycles. The van der Waals surface area contributed by atoms with Crippen LogP contribution in [0.2, 0.25) is 0 Å². The van der Waals surface area contributed by atoms with Crippen LogP contribution < -0.4 is 0 Å². The maximum absolute atomic E-state index is 2.57. The van der Waals surface area contributed by atoms with Crippen LogP contribution in [0.1, 0.15) is 33.1 Å². The molecule has 1 rings (SSSR count). The summed E-state index contributed by atoms with van der Waals surface area (Å²) in [7, 11) is 0. The molecule has 0 saturated carbocycles. The number of hydrogen-bond acceptors (Lipinski definition) is 1. The van der Waals surface area contributed by atoms with Crippen molar-refractivity contribution in [3.8, 4) is 0 Å². The summed E-state index contributed by atoms with van der Waals surface area (Å²) in [5.74, 6) is 1.02. The third kappa shape index (κ3) is 1.98. The summed E-state index contributed by atoms with van der Waals surface area (Å²) in [6.45, 7) is 8.64. The molecule has 0 amide bonds. The number of nitrogens with zero attached hydrogens (tertiary/aromatic N) is 1. The fourth-order valence-electron chi connectivity index (χ4n) is 1.50. The quantitative estimate of drug-likeness (QED) is 0.579. The largest absolute Gasteiger partial charge is 0.303 e. The Bertz CT molecular complexity index is 82.0. The first-order chi connectivity index (χ1) is 4.86. The molecule has 0 bridgehead atoms. The topological polar surface area (TPSA) is 3.24 Å². The van der Waals surface area contributed by atoms with Crippen LogP contribution in [0.3, 0.4) is 0 Å². The Kier molecular flexibility index (Phi) is 3.20. The fraction of sp³-hybridized carbons (Fsp3) is 1.00. The lowest BCUT2D eigenvalue weighted by atomic mass is 9.97. The van der Waals surface area contributed by atoms with Gasteiger partial charge in [0.05, 0.1) is 0 Å². The van der Waals surface area contributed by atoms with Crippen LogP contribution in [0, 0.1) is 5.92 Å². The highest BCUT2D eigenvalue weighted by Gasteiger charge is 2.23. The molecule has 60 valence electrons. The number of rotatable bonds is 4. The predicted molar refractivity (Wildman–Crippen MR) is 45.1 cm³/mol. The molecular formula is C9H19N. The second-order valence-electron chi connectivity index (χ2n) is 3.39. The highest BCUT2D eigenvalue weighted by atomic mass is 15.2. The van der Waals surface area contributed by atoms with Crippen LogP contribution in [-0.4, -0.2) is 24.5 Å². The van der Waals surface area contributed by atoms with E-state index in [2.05, 4.69) is 18.7 Å². The summed E-state index contributed by atoms with van der Waals surface area (Å²) in [6, 6.07) is 0. The molecule has 0 aliphatic carbocycles. The molecule has 0 N–H and O–H groups in total. The predicted octanol–water partition coefficient (Wildman–Crippen LogP) is 2.13. The Labute approximate surface area is 64.4 Å². The molecule has 0 aromatic rings. The fourth-order valence-corrected chi connectivity index (χ4v) is 1.50. The minimum atomic E-state index is 1.02. The van der Waals surface area contributed by atoms with Gasteiger partial charge < -0.3 is 4.90 Å². The van der Waals surface area contributed by atoms with Crippen molar-refractivity contribution in [3.63, 3.8) is 0 Å². The second kappa shape index (κ2) is 3.97. The van der Waals surface area contributed by atoms with E-state index in [1.54, 1.807) is 0 Å². The van der Waals surface area contributed by atoms with E-state index in [4.69, 9.17) is 0 Å². The molecule has 0 spiro atoms. The van der Waals surface area contributed by atoms with Gasteiger partial charge in [-0.3, -0.25) is 0 Å². The van der Waals surface area contributed by atoms with Crippen molar-refractivity contribution in [1.82, 2.24) is 4.90 Å². The van der Waals surface area contributed by atoms with E-state index in [0.717, 1.165) is 5.92 Å². The molecule has 10 heavy (non-hydrogen) atoms. The zero-order valence-corrected chi connectivity index (χ0v) is 7.27. The van der Waals surface area contributed by atoms with Gasteiger partial charge in [0.25, 0.3) is 0 Å². The first kappa shape index (κ1) is 8.06. The summed E-state index contributed by atoms with van der Waals surface area (Å²) in [5, 5.41) is 0. The molecule has 1 saturated heterocycles. The van der Waals surface area contributed by atoms with Crippen LogP contribution in [0.5, 0.6) is 0 Å². The first-order valence-corrected chi connectivity index (χ1v) is 4.59. The van der Waals surface area contributed by atoms with Crippen LogP contribution in [-0.2, 0) is 0 Å². The van der Waals surface area contributed by atoms with Crippen molar-refractivity contribution in [2.75, 3.05) is 19.6 Å². The zero-order chi connectivity index (χ0) is 7.40. The molecule has 0 atom stereocenters. The van der Waals surface area contributed by atoms with Crippen molar-refractivity contribution in [3.05, 3.63) is 0 Å². The van der Waals surface area contributed by atoms with Crippen molar-refractivity contribution < 1.29 is 0 Å². The van der Waals surface area contributed by atoms with Crippen LogP contribution in [0.15, 0.2) is 0 Å². The molecule has 0 radical (unpaired) electrons. The normalized spacial score (nSPS) is 21.0. The van der Waals surface area contributed by atoms with Crippen molar-refractivity contribution in [2.24, 2.45) is 5.92 Å². The lowest BCUT2D eigenvalue weighted by Gasteiger charge is -2.38. The summed E-state index contributed by atoms with van der Waals surface area (Å²) >= 11 is 0. The Balaban J connectivity index is 1.93. The van der Waals surface area contributed by atoms with Gasteiger partial charge in [0.2, 0.25) is 0 Å². The number of hydrogen-bond donors (Lipinski definition) is 0. The minimum Gasteiger partial charge on any atom is -0.303 e. The van der Waals surface area contributed by atoms with Crippen molar-refractivity contribution in [1.29, 1.82) is 0 Å². The van der Waals surface area contributed by atoms with E-state index in [1.165, 1.54) is 38.9 Å². The third-order valence-corrected chi connectivity index (χ3v) is 2.44. The molecule has 0 aromatic carbocycles. The van der Waals surface area contributed by atoms with E-state index in [-0.39, 0.29) is 0 Å². The average molecular weight is 141 g/mol. The molecule has 1 nitrogen and oxygen atoms in total. The lowest BCUT2D eigenvalue weighted by Crippen LogP contribution is -2.46. The van der Waals surface area contributed by atoms with Gasteiger partial charge in [0, 0.05) is 13.1 Å². The number of unbranched alkanes of at least 4 members (excludes halogenated alkanes) is 1. The van der Waals surface area contributed by atoms with Crippen LogP contribution in [0.25, 0.3) is 0 Å². The lowest BCUT2D eigenvalue weighted by molar-refractivity contribution is 0.0964. The van der Waals surface area contributed by atoms with Crippen molar-refractivity contribution in [2.45, 2.75) is 33.1 Å². The Hall–Kier alpha value is -0.0400. The Morgan fingerprint density at radius 2 is 2.00 bits per heavy atom. The SMILES string of the molecule is CCCCN1CC(CC)C1. The minimum absolute atomic E-state index is 1.02. The highest BCUT2D eigenvalue weighted by molar-refractivity contribution is 4.77. The van der Waals surface area contributed by atoms with Gasteiger partial charge in [0.15, 0.2) is 0 Å². The van der Waals surface area contributed by atoms with E-state index in [0.29, 0.717) is 0 Å². The van der Waals surface area contributed by atoms with Crippen LogP contribution in [0.4, 0.5) is 0 Å². The van der Waals surface area contributed by atoms with Gasteiger partial charge in [-0.1, -0.05) is 26.7 Å². The molecular weight excluding hydrogens is 122 g/mol. The Morgan fingerprint density at radius 1 is 1.30 bits per heavy atom. The molecule has 0 unspecified atom stereocenters. The standard InChI is InChI=1S/C9H19N/c1-3-5-6-10-7-9(4-2)8-10/h9H,3-8H2,1-2H3. The highest BCUT2D eigenvalue weighted by Crippen LogP contribution is 2.18. The zero-order valence-electron chi connectivity index (χ0n) is 7.27. The van der Waals surface area contributed by atoms with Gasteiger partial charge >= 0.3 is 0 Å². The maximum Gasteiger partial charge on any atom is 0.00219 e. The number of likely N-dealkylation sites (tertiary alicyclic amines) is 1. The van der Waals surface area contributed by atoms with Gasteiger partial charge in [-0.05, 0) is 18.9 Å². The van der Waals surface area contributed by atoms with E-state index in [9.17, 15) is 0 Å².